The van der Waals surface area contributed by atoms with Gasteiger partial charge in [0.05, 0.1) is 0 Å². The van der Waals surface area contributed by atoms with E-state index in [0.29, 0.717) is 31.0 Å². The van der Waals surface area contributed by atoms with Crippen molar-refractivity contribution in [2.75, 3.05) is 6.54 Å². The predicted molar refractivity (Wildman–Crippen MR) is 89.7 cm³/mol. The summed E-state index contributed by atoms with van der Waals surface area (Å²) in [6, 6.07) is 6.94. The van der Waals surface area contributed by atoms with Crippen molar-refractivity contribution in [1.29, 1.82) is 0 Å². The Morgan fingerprint density at radius 3 is 2.32 bits per heavy atom. The standard InChI is InChI=1S/C17H25ClN2O2/c1-4-7-16(21)20(15(5-2)17(22)19-6-3)12-13-8-10-14(18)11-9-13/h8-11,15H,4-7,12H2,1-3H3,(H,19,22)/t15-/m1/s1. The van der Waals surface area contributed by atoms with Crippen LogP contribution in [-0.2, 0) is 16.1 Å². The fourth-order valence-electron chi connectivity index (χ4n) is 2.36. The molecular weight excluding hydrogens is 300 g/mol. The first-order chi connectivity index (χ1) is 10.5. The lowest BCUT2D eigenvalue weighted by molar-refractivity contribution is -0.141. The normalized spacial score (nSPS) is 11.8. The fourth-order valence-corrected chi connectivity index (χ4v) is 2.48. The Kier molecular flexibility index (Phi) is 7.96. The van der Waals surface area contributed by atoms with Crippen LogP contribution in [0.2, 0.25) is 5.02 Å². The Hall–Kier alpha value is -1.55. The molecule has 0 heterocycles. The summed E-state index contributed by atoms with van der Waals surface area (Å²) >= 11 is 5.90. The van der Waals surface area contributed by atoms with Crippen LogP contribution in [0.25, 0.3) is 0 Å². The third-order valence-electron chi connectivity index (χ3n) is 3.47. The summed E-state index contributed by atoms with van der Waals surface area (Å²) in [5.74, 6) is -0.0843. The Labute approximate surface area is 137 Å². The number of likely N-dealkylation sites (N-methyl/N-ethyl adjacent to an activating group) is 1. The van der Waals surface area contributed by atoms with Crippen molar-refractivity contribution in [3.63, 3.8) is 0 Å². The number of amides is 2. The maximum atomic E-state index is 12.4. The molecule has 2 amide bonds. The van der Waals surface area contributed by atoms with Gasteiger partial charge < -0.3 is 10.2 Å². The third kappa shape index (κ3) is 5.34. The molecule has 1 N–H and O–H groups in total. The van der Waals surface area contributed by atoms with Crippen LogP contribution in [0.15, 0.2) is 24.3 Å². The molecule has 1 aromatic carbocycles. The van der Waals surface area contributed by atoms with E-state index in [1.807, 2.05) is 32.9 Å². The van der Waals surface area contributed by atoms with Gasteiger partial charge in [0, 0.05) is 24.5 Å². The summed E-state index contributed by atoms with van der Waals surface area (Å²) in [5, 5.41) is 3.47. The lowest BCUT2D eigenvalue weighted by Crippen LogP contribution is -2.48. The summed E-state index contributed by atoms with van der Waals surface area (Å²) in [5.41, 5.74) is 0.969. The molecule has 1 aromatic rings. The number of hydrogen-bond donors (Lipinski definition) is 1. The van der Waals surface area contributed by atoms with Gasteiger partial charge in [0.2, 0.25) is 11.8 Å². The lowest BCUT2D eigenvalue weighted by Gasteiger charge is -2.30. The quantitative estimate of drug-likeness (QED) is 0.797. The average Bonchev–Trinajstić information content (AvgIpc) is 2.49. The van der Waals surface area contributed by atoms with Crippen molar-refractivity contribution in [2.45, 2.75) is 52.6 Å². The number of nitrogens with one attached hydrogen (secondary N) is 1. The number of carbonyl (C=O) groups excluding carboxylic acids is 2. The van der Waals surface area contributed by atoms with Crippen LogP contribution in [-0.4, -0.2) is 29.3 Å². The SMILES string of the molecule is CCCC(=O)N(Cc1ccc(Cl)cc1)[C@H](CC)C(=O)NCC. The molecule has 1 rings (SSSR count). The second kappa shape index (κ2) is 9.46. The molecule has 122 valence electrons. The molecule has 0 radical (unpaired) electrons. The van der Waals surface area contributed by atoms with Gasteiger partial charge in [-0.3, -0.25) is 9.59 Å². The van der Waals surface area contributed by atoms with Crippen LogP contribution < -0.4 is 5.32 Å². The number of carbonyl (C=O) groups is 2. The van der Waals surface area contributed by atoms with Crippen molar-refractivity contribution in [1.82, 2.24) is 10.2 Å². The third-order valence-corrected chi connectivity index (χ3v) is 3.72. The van der Waals surface area contributed by atoms with Crippen molar-refractivity contribution >= 4 is 23.4 Å². The summed E-state index contributed by atoms with van der Waals surface area (Å²) in [4.78, 5) is 26.4. The minimum atomic E-state index is -0.435. The summed E-state index contributed by atoms with van der Waals surface area (Å²) in [7, 11) is 0. The van der Waals surface area contributed by atoms with Gasteiger partial charge in [0.1, 0.15) is 6.04 Å². The second-order valence-corrected chi connectivity index (χ2v) is 5.65. The molecule has 0 saturated carbocycles. The van der Waals surface area contributed by atoms with Gasteiger partial charge >= 0.3 is 0 Å². The van der Waals surface area contributed by atoms with Gasteiger partial charge in [-0.15, -0.1) is 0 Å². The molecule has 0 unspecified atom stereocenters. The van der Waals surface area contributed by atoms with Crippen LogP contribution in [0.3, 0.4) is 0 Å². The van der Waals surface area contributed by atoms with Crippen LogP contribution in [0, 0.1) is 0 Å². The molecule has 22 heavy (non-hydrogen) atoms. The maximum Gasteiger partial charge on any atom is 0.242 e. The summed E-state index contributed by atoms with van der Waals surface area (Å²) in [6.07, 6.45) is 1.81. The molecule has 0 aliphatic rings. The highest BCUT2D eigenvalue weighted by Gasteiger charge is 2.27. The van der Waals surface area contributed by atoms with Gasteiger partial charge in [-0.2, -0.15) is 0 Å². The van der Waals surface area contributed by atoms with Crippen LogP contribution in [0.1, 0.15) is 45.6 Å². The summed E-state index contributed by atoms with van der Waals surface area (Å²) in [6.45, 7) is 6.75. The number of rotatable bonds is 8. The highest BCUT2D eigenvalue weighted by molar-refractivity contribution is 6.30. The van der Waals surface area contributed by atoms with Crippen LogP contribution >= 0.6 is 11.6 Å². The molecule has 1 atom stereocenters. The molecule has 4 nitrogen and oxygen atoms in total. The van der Waals surface area contributed by atoms with Crippen LogP contribution in [0.5, 0.6) is 0 Å². The van der Waals surface area contributed by atoms with Gasteiger partial charge in [0.15, 0.2) is 0 Å². The average molecular weight is 325 g/mol. The molecule has 0 aliphatic heterocycles. The van der Waals surface area contributed by atoms with Crippen molar-refractivity contribution < 1.29 is 9.59 Å². The van der Waals surface area contributed by atoms with Crippen molar-refractivity contribution in [2.24, 2.45) is 0 Å². The first kappa shape index (κ1) is 18.5. The van der Waals surface area contributed by atoms with E-state index in [9.17, 15) is 9.59 Å². The van der Waals surface area contributed by atoms with Crippen molar-refractivity contribution in [3.05, 3.63) is 34.9 Å². The van der Waals surface area contributed by atoms with Gasteiger partial charge in [-0.25, -0.2) is 0 Å². The number of hydrogen-bond acceptors (Lipinski definition) is 2. The Morgan fingerprint density at radius 1 is 1.18 bits per heavy atom. The van der Waals surface area contributed by atoms with E-state index in [2.05, 4.69) is 5.32 Å². The van der Waals surface area contributed by atoms with Gasteiger partial charge in [-0.1, -0.05) is 37.6 Å². The van der Waals surface area contributed by atoms with E-state index >= 15 is 0 Å². The predicted octanol–water partition coefficient (Wildman–Crippen LogP) is 3.38. The molecule has 0 aliphatic carbocycles. The zero-order valence-electron chi connectivity index (χ0n) is 13.6. The monoisotopic (exact) mass is 324 g/mol. The highest BCUT2D eigenvalue weighted by atomic mass is 35.5. The lowest BCUT2D eigenvalue weighted by atomic mass is 10.1. The zero-order chi connectivity index (χ0) is 16.5. The largest absolute Gasteiger partial charge is 0.355 e. The first-order valence-electron chi connectivity index (χ1n) is 7.85. The molecule has 0 fully saturated rings. The van der Waals surface area contributed by atoms with E-state index in [1.54, 1.807) is 17.0 Å². The number of benzene rings is 1. The zero-order valence-corrected chi connectivity index (χ0v) is 14.3. The molecular formula is C17H25ClN2O2. The van der Waals surface area contributed by atoms with E-state index in [-0.39, 0.29) is 11.8 Å². The first-order valence-corrected chi connectivity index (χ1v) is 8.22. The van der Waals surface area contributed by atoms with E-state index in [0.717, 1.165) is 12.0 Å². The molecule has 0 saturated heterocycles. The smallest absolute Gasteiger partial charge is 0.242 e. The van der Waals surface area contributed by atoms with E-state index in [1.165, 1.54) is 0 Å². The fraction of sp³-hybridized carbons (Fsp3) is 0.529. The summed E-state index contributed by atoms with van der Waals surface area (Å²) < 4.78 is 0. The highest BCUT2D eigenvalue weighted by Crippen LogP contribution is 2.16. The van der Waals surface area contributed by atoms with Gasteiger partial charge in [0.25, 0.3) is 0 Å². The molecule has 5 heteroatoms. The Balaban J connectivity index is 2.97. The maximum absolute atomic E-state index is 12.4. The topological polar surface area (TPSA) is 49.4 Å². The molecule has 0 spiro atoms. The minimum Gasteiger partial charge on any atom is -0.355 e. The van der Waals surface area contributed by atoms with Gasteiger partial charge in [-0.05, 0) is 37.5 Å². The number of nitrogens with zero attached hydrogens (tertiary/aromatic N) is 1. The second-order valence-electron chi connectivity index (χ2n) is 5.22. The van der Waals surface area contributed by atoms with E-state index in [4.69, 9.17) is 11.6 Å². The Bertz CT molecular complexity index is 488. The minimum absolute atomic E-state index is 0.00977. The van der Waals surface area contributed by atoms with E-state index < -0.39 is 6.04 Å². The molecule has 0 aromatic heterocycles. The number of halogens is 1. The van der Waals surface area contributed by atoms with Crippen LogP contribution in [0.4, 0.5) is 0 Å². The Morgan fingerprint density at radius 2 is 1.82 bits per heavy atom. The van der Waals surface area contributed by atoms with Crippen molar-refractivity contribution in [3.8, 4) is 0 Å². The molecule has 0 bridgehead atoms.